The van der Waals surface area contributed by atoms with Gasteiger partial charge in [-0.1, -0.05) is 70.3 Å². The van der Waals surface area contributed by atoms with E-state index in [1.165, 1.54) is 17.0 Å². The SMILES string of the molecule is CC[C@@H](C(=O)NC(C)(C)C)N(Cc1ccc(Cl)cc1)C(=O)CN(c1cccc(Br)c1)S(=O)(=O)c1ccc(C)cc1. The largest absolute Gasteiger partial charge is 0.350 e. The summed E-state index contributed by atoms with van der Waals surface area (Å²) in [5.41, 5.74) is 1.47. The Morgan fingerprint density at radius 3 is 2.17 bits per heavy atom. The molecule has 3 aromatic rings. The van der Waals surface area contributed by atoms with Crippen molar-refractivity contribution >= 4 is 55.1 Å². The zero-order chi connectivity index (χ0) is 29.7. The summed E-state index contributed by atoms with van der Waals surface area (Å²) in [6.45, 7) is 8.89. The Hall–Kier alpha value is -2.88. The molecule has 0 radical (unpaired) electrons. The highest BCUT2D eigenvalue weighted by atomic mass is 79.9. The number of carbonyl (C=O) groups is 2. The lowest BCUT2D eigenvalue weighted by molar-refractivity contribution is -0.141. The molecule has 10 heteroatoms. The molecule has 40 heavy (non-hydrogen) atoms. The minimum absolute atomic E-state index is 0.0626. The molecule has 0 saturated heterocycles. The van der Waals surface area contributed by atoms with E-state index in [0.29, 0.717) is 21.6 Å². The first-order valence-electron chi connectivity index (χ1n) is 12.9. The minimum Gasteiger partial charge on any atom is -0.350 e. The van der Waals surface area contributed by atoms with Gasteiger partial charge in [-0.05, 0) is 82.1 Å². The van der Waals surface area contributed by atoms with Crippen LogP contribution >= 0.6 is 27.5 Å². The molecule has 0 aliphatic heterocycles. The number of benzene rings is 3. The van der Waals surface area contributed by atoms with Crippen molar-refractivity contribution < 1.29 is 18.0 Å². The first kappa shape index (κ1) is 31.6. The zero-order valence-corrected chi connectivity index (χ0v) is 26.5. The third-order valence-corrected chi connectivity index (χ3v) is 8.67. The normalized spacial score (nSPS) is 12.5. The maximum absolute atomic E-state index is 14.1. The van der Waals surface area contributed by atoms with Crippen molar-refractivity contribution in [2.75, 3.05) is 10.8 Å². The average molecular weight is 649 g/mol. The van der Waals surface area contributed by atoms with Crippen LogP contribution in [0.2, 0.25) is 5.02 Å². The number of hydrogen-bond donors (Lipinski definition) is 1. The average Bonchev–Trinajstić information content (AvgIpc) is 2.87. The topological polar surface area (TPSA) is 86.8 Å². The van der Waals surface area contributed by atoms with Gasteiger partial charge in [-0.25, -0.2) is 8.42 Å². The lowest BCUT2D eigenvalue weighted by atomic mass is 10.1. The number of nitrogens with one attached hydrogen (secondary N) is 1. The first-order valence-corrected chi connectivity index (χ1v) is 15.5. The van der Waals surface area contributed by atoms with Crippen LogP contribution in [0.1, 0.15) is 45.2 Å². The molecule has 0 saturated carbocycles. The van der Waals surface area contributed by atoms with Crippen molar-refractivity contribution in [1.29, 1.82) is 0 Å². The van der Waals surface area contributed by atoms with Crippen molar-refractivity contribution in [2.24, 2.45) is 0 Å². The van der Waals surface area contributed by atoms with Gasteiger partial charge < -0.3 is 10.2 Å². The van der Waals surface area contributed by atoms with E-state index in [1.807, 2.05) is 34.6 Å². The minimum atomic E-state index is -4.13. The molecule has 214 valence electrons. The van der Waals surface area contributed by atoms with Gasteiger partial charge in [-0.2, -0.15) is 0 Å². The Balaban J connectivity index is 2.07. The Morgan fingerprint density at radius 2 is 1.62 bits per heavy atom. The fourth-order valence-corrected chi connectivity index (χ4v) is 6.08. The highest BCUT2D eigenvalue weighted by Crippen LogP contribution is 2.27. The number of hydrogen-bond acceptors (Lipinski definition) is 4. The summed E-state index contributed by atoms with van der Waals surface area (Å²) >= 11 is 9.48. The Bertz CT molecular complexity index is 1440. The van der Waals surface area contributed by atoms with Crippen LogP contribution in [0.25, 0.3) is 0 Å². The number of carbonyl (C=O) groups excluding carboxylic acids is 2. The molecule has 0 fully saturated rings. The summed E-state index contributed by atoms with van der Waals surface area (Å²) in [6, 6.07) is 19.4. The lowest BCUT2D eigenvalue weighted by Gasteiger charge is -2.34. The predicted molar refractivity (Wildman–Crippen MR) is 164 cm³/mol. The second kappa shape index (κ2) is 13.2. The van der Waals surface area contributed by atoms with E-state index in [1.54, 1.807) is 60.7 Å². The van der Waals surface area contributed by atoms with Crippen LogP contribution in [0.5, 0.6) is 0 Å². The quantitative estimate of drug-likeness (QED) is 0.279. The van der Waals surface area contributed by atoms with Crippen LogP contribution in [-0.4, -0.2) is 43.3 Å². The van der Waals surface area contributed by atoms with Gasteiger partial charge in [0.25, 0.3) is 10.0 Å². The van der Waals surface area contributed by atoms with E-state index in [0.717, 1.165) is 15.4 Å². The van der Waals surface area contributed by atoms with Crippen LogP contribution in [0, 0.1) is 6.92 Å². The number of halogens is 2. The fourth-order valence-electron chi connectivity index (χ4n) is 4.16. The van der Waals surface area contributed by atoms with E-state index in [2.05, 4.69) is 21.2 Å². The van der Waals surface area contributed by atoms with E-state index in [-0.39, 0.29) is 17.3 Å². The smallest absolute Gasteiger partial charge is 0.264 e. The summed E-state index contributed by atoms with van der Waals surface area (Å²) < 4.78 is 29.6. The molecule has 3 aromatic carbocycles. The van der Waals surface area contributed by atoms with Crippen molar-refractivity contribution in [2.45, 2.75) is 64.1 Å². The molecule has 2 amide bonds. The third kappa shape index (κ3) is 8.32. The maximum atomic E-state index is 14.1. The van der Waals surface area contributed by atoms with E-state index in [4.69, 9.17) is 11.6 Å². The van der Waals surface area contributed by atoms with Gasteiger partial charge in [0.2, 0.25) is 11.8 Å². The molecule has 0 heterocycles. The number of aryl methyl sites for hydroxylation is 1. The number of anilines is 1. The second-order valence-corrected chi connectivity index (χ2v) is 13.8. The van der Waals surface area contributed by atoms with Crippen LogP contribution in [-0.2, 0) is 26.2 Å². The molecule has 0 bridgehead atoms. The first-order chi connectivity index (χ1) is 18.7. The molecule has 0 aliphatic rings. The van der Waals surface area contributed by atoms with Crippen molar-refractivity contribution in [1.82, 2.24) is 10.2 Å². The third-order valence-electron chi connectivity index (χ3n) is 6.13. The molecule has 0 aliphatic carbocycles. The molecule has 0 spiro atoms. The number of nitrogens with zero attached hydrogens (tertiary/aromatic N) is 2. The zero-order valence-electron chi connectivity index (χ0n) is 23.3. The highest BCUT2D eigenvalue weighted by Gasteiger charge is 2.34. The molecule has 1 atom stereocenters. The molecule has 1 N–H and O–H groups in total. The Morgan fingerprint density at radius 1 is 1.00 bits per heavy atom. The summed E-state index contributed by atoms with van der Waals surface area (Å²) in [4.78, 5) is 29.0. The summed E-state index contributed by atoms with van der Waals surface area (Å²) in [5.74, 6) is -0.825. The van der Waals surface area contributed by atoms with Gasteiger partial charge in [0, 0.05) is 21.6 Å². The van der Waals surface area contributed by atoms with Crippen molar-refractivity contribution in [3.8, 4) is 0 Å². The molecule has 0 aromatic heterocycles. The van der Waals surface area contributed by atoms with Crippen LogP contribution in [0.15, 0.2) is 82.2 Å². The Labute approximate surface area is 250 Å². The van der Waals surface area contributed by atoms with E-state index in [9.17, 15) is 18.0 Å². The standard InChI is InChI=1S/C30H35BrClN3O4S/c1-6-27(29(37)33-30(3,4)5)34(19-22-12-14-24(32)15-13-22)28(36)20-35(25-9-7-8-23(31)18-25)40(38,39)26-16-10-21(2)11-17-26/h7-18,27H,6,19-20H2,1-5H3,(H,33,37)/t27-/m0/s1. The van der Waals surface area contributed by atoms with Crippen LogP contribution in [0.4, 0.5) is 5.69 Å². The van der Waals surface area contributed by atoms with Gasteiger partial charge in [-0.15, -0.1) is 0 Å². The summed E-state index contributed by atoms with van der Waals surface area (Å²) in [5, 5.41) is 3.51. The maximum Gasteiger partial charge on any atom is 0.264 e. The molecular weight excluding hydrogens is 614 g/mol. The molecular formula is C30H35BrClN3O4S. The molecule has 3 rings (SSSR count). The van der Waals surface area contributed by atoms with E-state index >= 15 is 0 Å². The number of sulfonamides is 1. The van der Waals surface area contributed by atoms with Crippen molar-refractivity contribution in [3.05, 3.63) is 93.4 Å². The van der Waals surface area contributed by atoms with Gasteiger partial charge in [0.05, 0.1) is 10.6 Å². The van der Waals surface area contributed by atoms with Gasteiger partial charge in [0.15, 0.2) is 0 Å². The highest BCUT2D eigenvalue weighted by molar-refractivity contribution is 9.10. The van der Waals surface area contributed by atoms with Crippen LogP contribution in [0.3, 0.4) is 0 Å². The van der Waals surface area contributed by atoms with E-state index < -0.39 is 34.1 Å². The van der Waals surface area contributed by atoms with Gasteiger partial charge in [-0.3, -0.25) is 13.9 Å². The molecule has 7 nitrogen and oxygen atoms in total. The van der Waals surface area contributed by atoms with Gasteiger partial charge >= 0.3 is 0 Å². The van der Waals surface area contributed by atoms with Gasteiger partial charge in [0.1, 0.15) is 12.6 Å². The fraction of sp³-hybridized carbons (Fsp3) is 0.333. The van der Waals surface area contributed by atoms with Crippen molar-refractivity contribution in [3.63, 3.8) is 0 Å². The Kier molecular flexibility index (Phi) is 10.4. The number of amides is 2. The lowest BCUT2D eigenvalue weighted by Crippen LogP contribution is -2.55. The monoisotopic (exact) mass is 647 g/mol. The summed E-state index contributed by atoms with van der Waals surface area (Å²) in [6.07, 6.45) is 0.336. The number of rotatable bonds is 10. The predicted octanol–water partition coefficient (Wildman–Crippen LogP) is 6.33. The molecule has 0 unspecified atom stereocenters. The summed E-state index contributed by atoms with van der Waals surface area (Å²) in [7, 11) is -4.13. The van der Waals surface area contributed by atoms with Crippen LogP contribution < -0.4 is 9.62 Å². The second-order valence-electron chi connectivity index (χ2n) is 10.6.